The predicted molar refractivity (Wildman–Crippen MR) is 102 cm³/mol. The van der Waals surface area contributed by atoms with E-state index in [1.807, 2.05) is 6.92 Å². The summed E-state index contributed by atoms with van der Waals surface area (Å²) in [5, 5.41) is 1.72. The minimum Gasteiger partial charge on any atom is -0.453 e. The first kappa shape index (κ1) is 21.7. The van der Waals surface area contributed by atoms with Crippen LogP contribution in [0.1, 0.15) is 32.7 Å². The van der Waals surface area contributed by atoms with Gasteiger partial charge in [-0.15, -0.1) is 0 Å². The lowest BCUT2D eigenvalue weighted by molar-refractivity contribution is -0.197. The average molecular weight is 420 g/mol. The molecule has 0 radical (unpaired) electrons. The van der Waals surface area contributed by atoms with Crippen LogP contribution in [-0.4, -0.2) is 69.4 Å². The summed E-state index contributed by atoms with van der Waals surface area (Å²) < 4.78 is 18.7. The highest BCUT2D eigenvalue weighted by molar-refractivity contribution is 5.83. The van der Waals surface area contributed by atoms with Gasteiger partial charge in [0.15, 0.2) is 24.0 Å². The molecule has 0 aliphatic carbocycles. The molecule has 3 rings (SSSR count). The van der Waals surface area contributed by atoms with Gasteiger partial charge in [0.2, 0.25) is 0 Å². The quantitative estimate of drug-likeness (QED) is 0.513. The molecule has 0 saturated carbocycles. The van der Waals surface area contributed by atoms with Crippen molar-refractivity contribution in [2.75, 3.05) is 14.2 Å². The van der Waals surface area contributed by atoms with Crippen LogP contribution in [0.3, 0.4) is 0 Å². The molecule has 1 saturated heterocycles. The van der Waals surface area contributed by atoms with Crippen LogP contribution in [0.25, 0.3) is 11.0 Å². The van der Waals surface area contributed by atoms with E-state index in [2.05, 4.69) is 9.97 Å². The molecule has 1 aliphatic heterocycles. The Hall–Kier alpha value is -3.05. The van der Waals surface area contributed by atoms with Crippen molar-refractivity contribution in [2.45, 2.75) is 51.7 Å². The lowest BCUT2D eigenvalue weighted by atomic mass is 9.93. The van der Waals surface area contributed by atoms with Crippen molar-refractivity contribution in [3.63, 3.8) is 0 Å². The van der Waals surface area contributed by atoms with Gasteiger partial charge in [0.05, 0.1) is 12.8 Å². The van der Waals surface area contributed by atoms with Crippen molar-refractivity contribution in [3.8, 4) is 0 Å². The maximum atomic E-state index is 12.9. The van der Waals surface area contributed by atoms with Gasteiger partial charge >= 0.3 is 11.9 Å². The molecule has 3 heterocycles. The average Bonchev–Trinajstić information content (AvgIpc) is 3.20. The van der Waals surface area contributed by atoms with Gasteiger partial charge in [-0.25, -0.2) is 15.0 Å². The minimum atomic E-state index is -1.62. The van der Waals surface area contributed by atoms with Crippen LogP contribution >= 0.6 is 0 Å². The summed E-state index contributed by atoms with van der Waals surface area (Å²) in [5.41, 5.74) is -0.358. The number of hydroxylamine groups is 2. The second-order valence-electron chi connectivity index (χ2n) is 7.15. The maximum Gasteiger partial charge on any atom is 0.303 e. The molecule has 0 unspecified atom stereocenters. The topological polar surface area (TPSA) is 122 Å². The molecule has 4 atom stereocenters. The molecule has 1 fully saturated rings. The summed E-state index contributed by atoms with van der Waals surface area (Å²) in [6.45, 7) is 5.74. The van der Waals surface area contributed by atoms with E-state index in [0.717, 1.165) is 16.1 Å². The first-order valence-electron chi connectivity index (χ1n) is 9.22. The first-order valence-corrected chi connectivity index (χ1v) is 9.22. The number of hydrogen-bond acceptors (Lipinski definition) is 9. The summed E-state index contributed by atoms with van der Waals surface area (Å²) in [4.78, 5) is 50.2. The third kappa shape index (κ3) is 3.61. The summed E-state index contributed by atoms with van der Waals surface area (Å²) in [6, 6.07) is 1.79. The van der Waals surface area contributed by atoms with Gasteiger partial charge < -0.3 is 18.8 Å². The molecule has 1 aliphatic rings. The van der Waals surface area contributed by atoms with Crippen molar-refractivity contribution in [1.29, 1.82) is 0 Å². The zero-order valence-corrected chi connectivity index (χ0v) is 17.6. The molecule has 30 heavy (non-hydrogen) atoms. The highest BCUT2D eigenvalue weighted by Crippen LogP contribution is 2.43. The molecule has 11 heteroatoms. The van der Waals surface area contributed by atoms with E-state index in [0.29, 0.717) is 5.65 Å². The molecular weight excluding hydrogens is 396 g/mol. The van der Waals surface area contributed by atoms with Gasteiger partial charge in [-0.2, -0.15) is 0 Å². The Morgan fingerprint density at radius 3 is 2.53 bits per heavy atom. The number of aryl methyl sites for hydroxylation is 1. The maximum absolute atomic E-state index is 12.9. The summed E-state index contributed by atoms with van der Waals surface area (Å²) in [6.07, 6.45) is -0.347. The van der Waals surface area contributed by atoms with Gasteiger partial charge in [0.1, 0.15) is 12.0 Å². The SMILES string of the molecule is CON(C)C(=O)[C@H]1O[C@@H](n2ccc3c(C)ncnc32)[C@H](OC(C)=O)[C@]1(C)OC(C)=O. The number of esters is 2. The molecule has 11 nitrogen and oxygen atoms in total. The molecule has 0 bridgehead atoms. The lowest BCUT2D eigenvalue weighted by Crippen LogP contribution is -2.55. The van der Waals surface area contributed by atoms with Crippen molar-refractivity contribution in [3.05, 3.63) is 24.3 Å². The van der Waals surface area contributed by atoms with Gasteiger partial charge in [0, 0.05) is 32.5 Å². The van der Waals surface area contributed by atoms with Crippen LogP contribution in [-0.2, 0) is 33.4 Å². The smallest absolute Gasteiger partial charge is 0.303 e. The largest absolute Gasteiger partial charge is 0.453 e. The van der Waals surface area contributed by atoms with Crippen LogP contribution in [0, 0.1) is 6.92 Å². The number of likely N-dealkylation sites (N-methyl/N-ethyl adjacent to an activating group) is 1. The molecular formula is C19H24N4O7. The first-order chi connectivity index (χ1) is 14.1. The summed E-state index contributed by atoms with van der Waals surface area (Å²) >= 11 is 0. The molecule has 2 aromatic heterocycles. The number of rotatable bonds is 5. The third-order valence-electron chi connectivity index (χ3n) is 5.07. The number of nitrogens with zero attached hydrogens (tertiary/aromatic N) is 4. The van der Waals surface area contributed by atoms with Crippen LogP contribution in [0.15, 0.2) is 18.6 Å². The summed E-state index contributed by atoms with van der Waals surface area (Å²) in [7, 11) is 2.71. The molecule has 162 valence electrons. The zero-order valence-electron chi connectivity index (χ0n) is 17.6. The number of hydrogen-bond donors (Lipinski definition) is 0. The monoisotopic (exact) mass is 420 g/mol. The number of carbonyl (C=O) groups is 3. The number of ether oxygens (including phenoxy) is 3. The molecule has 0 N–H and O–H groups in total. The Kier molecular flexibility index (Phi) is 5.77. The number of amides is 1. The lowest BCUT2D eigenvalue weighted by Gasteiger charge is -2.34. The number of carbonyl (C=O) groups excluding carboxylic acids is 3. The highest BCUT2D eigenvalue weighted by atomic mass is 16.7. The second kappa shape index (κ2) is 8.00. The van der Waals surface area contributed by atoms with Crippen LogP contribution in [0.5, 0.6) is 0 Å². The van der Waals surface area contributed by atoms with E-state index in [-0.39, 0.29) is 0 Å². The van der Waals surface area contributed by atoms with E-state index < -0.39 is 41.9 Å². The van der Waals surface area contributed by atoms with Crippen molar-refractivity contribution in [1.82, 2.24) is 19.6 Å². The van der Waals surface area contributed by atoms with E-state index in [9.17, 15) is 14.4 Å². The normalized spacial score (nSPS) is 25.9. The van der Waals surface area contributed by atoms with Gasteiger partial charge in [-0.1, -0.05) is 0 Å². The van der Waals surface area contributed by atoms with Crippen molar-refractivity contribution in [2.24, 2.45) is 0 Å². The number of aromatic nitrogens is 3. The van der Waals surface area contributed by atoms with E-state index in [1.54, 1.807) is 16.8 Å². The van der Waals surface area contributed by atoms with Gasteiger partial charge in [0.25, 0.3) is 5.91 Å². The van der Waals surface area contributed by atoms with Crippen LogP contribution in [0.2, 0.25) is 0 Å². The zero-order chi connectivity index (χ0) is 22.2. The van der Waals surface area contributed by atoms with Gasteiger partial charge in [-0.3, -0.25) is 19.2 Å². The Morgan fingerprint density at radius 1 is 1.23 bits per heavy atom. The van der Waals surface area contributed by atoms with E-state index in [4.69, 9.17) is 19.0 Å². The van der Waals surface area contributed by atoms with E-state index >= 15 is 0 Å². The van der Waals surface area contributed by atoms with Crippen LogP contribution < -0.4 is 0 Å². The van der Waals surface area contributed by atoms with Gasteiger partial charge in [-0.05, 0) is 19.9 Å². The third-order valence-corrected chi connectivity index (χ3v) is 5.07. The highest BCUT2D eigenvalue weighted by Gasteiger charge is 2.62. The Bertz CT molecular complexity index is 990. The fourth-order valence-corrected chi connectivity index (χ4v) is 3.63. The number of fused-ring (bicyclic) bond motifs is 1. The summed E-state index contributed by atoms with van der Waals surface area (Å²) in [5.74, 6) is -1.89. The van der Waals surface area contributed by atoms with E-state index in [1.165, 1.54) is 41.3 Å². The molecule has 1 amide bonds. The fraction of sp³-hybridized carbons (Fsp3) is 0.526. The predicted octanol–water partition coefficient (Wildman–Crippen LogP) is 0.910. The Balaban J connectivity index is 2.15. The molecule has 0 spiro atoms. The molecule has 0 aromatic carbocycles. The molecule has 2 aromatic rings. The van der Waals surface area contributed by atoms with Crippen molar-refractivity contribution >= 4 is 28.9 Å². The van der Waals surface area contributed by atoms with Crippen molar-refractivity contribution < 1.29 is 33.4 Å². The second-order valence-corrected chi connectivity index (χ2v) is 7.15. The standard InChI is InChI=1S/C19H24N4O7/c1-10-13-7-8-23(16(13)21-9-20-10)18-15(28-11(2)24)19(4,30-12(3)25)14(29-18)17(26)22(5)27-6/h7-9,14-15,18H,1-6H3/t14-,15+,18-,19-/m1/s1. The fourth-order valence-electron chi connectivity index (χ4n) is 3.63. The van der Waals surface area contributed by atoms with Crippen LogP contribution in [0.4, 0.5) is 0 Å². The Labute approximate surface area is 172 Å². The Morgan fingerprint density at radius 2 is 1.93 bits per heavy atom. The minimum absolute atomic E-state index is 0.517.